The third kappa shape index (κ3) is 3.16. The monoisotopic (exact) mass is 248 g/mol. The normalized spacial score (nSPS) is 36.4. The van der Waals surface area contributed by atoms with Crippen molar-refractivity contribution in [3.8, 4) is 0 Å². The molecule has 2 fully saturated rings. The third-order valence-corrected chi connectivity index (χ3v) is 4.17. The minimum Gasteiger partial charge on any atom is -0.372 e. The van der Waals surface area contributed by atoms with E-state index in [4.69, 9.17) is 4.74 Å². The molecule has 0 unspecified atom stereocenters. The fourth-order valence-corrected chi connectivity index (χ4v) is 3.43. The molecule has 5 nitrogen and oxygen atoms in total. The highest BCUT2D eigenvalue weighted by molar-refractivity contribution is 7.88. The molecule has 2 rings (SSSR count). The van der Waals surface area contributed by atoms with Crippen LogP contribution in [0.3, 0.4) is 0 Å². The molecule has 0 bridgehead atoms. The molecule has 2 aliphatic rings. The molecule has 0 radical (unpaired) electrons. The Kier molecular flexibility index (Phi) is 3.53. The molecule has 0 amide bonds. The topological polar surface area (TPSA) is 67.4 Å². The molecule has 0 aromatic rings. The maximum absolute atomic E-state index is 11.1. The van der Waals surface area contributed by atoms with Crippen LogP contribution < -0.4 is 10.0 Å². The van der Waals surface area contributed by atoms with Crippen LogP contribution in [0.15, 0.2) is 0 Å². The summed E-state index contributed by atoms with van der Waals surface area (Å²) in [7, 11) is -3.07. The van der Waals surface area contributed by atoms with Crippen LogP contribution in [0.2, 0.25) is 0 Å². The average molecular weight is 248 g/mol. The Balaban J connectivity index is 1.86. The van der Waals surface area contributed by atoms with Crippen LogP contribution in [0.1, 0.15) is 25.7 Å². The van der Waals surface area contributed by atoms with Gasteiger partial charge in [-0.1, -0.05) is 0 Å². The van der Waals surface area contributed by atoms with Crippen molar-refractivity contribution in [1.82, 2.24) is 10.0 Å². The van der Waals surface area contributed by atoms with E-state index in [0.29, 0.717) is 0 Å². The second-order valence-corrected chi connectivity index (χ2v) is 6.65. The summed E-state index contributed by atoms with van der Waals surface area (Å²) < 4.78 is 30.7. The molecular weight excluding hydrogens is 228 g/mol. The molecule has 1 aliphatic heterocycles. The van der Waals surface area contributed by atoms with Crippen LogP contribution >= 0.6 is 0 Å². The lowest BCUT2D eigenvalue weighted by Gasteiger charge is -2.42. The van der Waals surface area contributed by atoms with Gasteiger partial charge in [-0.15, -0.1) is 0 Å². The van der Waals surface area contributed by atoms with Gasteiger partial charge in [-0.05, 0) is 25.7 Å². The van der Waals surface area contributed by atoms with Crippen molar-refractivity contribution in [1.29, 1.82) is 0 Å². The van der Waals surface area contributed by atoms with E-state index in [0.717, 1.165) is 45.4 Å². The van der Waals surface area contributed by atoms with Crippen LogP contribution in [-0.2, 0) is 14.8 Å². The molecule has 6 heteroatoms. The molecule has 1 aliphatic carbocycles. The van der Waals surface area contributed by atoms with Crippen molar-refractivity contribution in [3.05, 3.63) is 0 Å². The summed E-state index contributed by atoms with van der Waals surface area (Å²) in [4.78, 5) is 0. The second-order valence-electron chi connectivity index (χ2n) is 4.87. The van der Waals surface area contributed by atoms with E-state index in [2.05, 4.69) is 10.0 Å². The maximum Gasteiger partial charge on any atom is 0.208 e. The number of ether oxygens (including phenoxy) is 1. The average Bonchev–Trinajstić information content (AvgIpc) is 2.22. The zero-order valence-corrected chi connectivity index (χ0v) is 10.5. The van der Waals surface area contributed by atoms with Crippen LogP contribution in [0.25, 0.3) is 0 Å². The van der Waals surface area contributed by atoms with E-state index in [1.54, 1.807) is 0 Å². The summed E-state index contributed by atoms with van der Waals surface area (Å²) in [5.41, 5.74) is -0.0338. The first-order chi connectivity index (χ1) is 7.49. The minimum absolute atomic E-state index is 0.0338. The summed E-state index contributed by atoms with van der Waals surface area (Å²) in [6.07, 6.45) is 4.83. The van der Waals surface area contributed by atoms with Gasteiger partial charge in [-0.2, -0.15) is 0 Å². The van der Waals surface area contributed by atoms with E-state index in [9.17, 15) is 8.42 Å². The number of hydrogen-bond donors (Lipinski definition) is 2. The summed E-state index contributed by atoms with van der Waals surface area (Å²) in [6.45, 7) is 2.59. The molecule has 0 atom stereocenters. The first kappa shape index (κ1) is 12.3. The first-order valence-corrected chi connectivity index (χ1v) is 7.70. The Morgan fingerprint density at radius 3 is 2.56 bits per heavy atom. The predicted octanol–water partition coefficient (Wildman–Crippen LogP) is -0.163. The highest BCUT2D eigenvalue weighted by Gasteiger charge is 2.37. The van der Waals surface area contributed by atoms with Gasteiger partial charge in [0.15, 0.2) is 0 Å². The van der Waals surface area contributed by atoms with Crippen LogP contribution in [0.4, 0.5) is 0 Å². The molecule has 1 spiro atoms. The van der Waals surface area contributed by atoms with Crippen molar-refractivity contribution >= 4 is 10.0 Å². The quantitative estimate of drug-likeness (QED) is 0.712. The van der Waals surface area contributed by atoms with Gasteiger partial charge < -0.3 is 10.1 Å². The van der Waals surface area contributed by atoms with Gasteiger partial charge in [0, 0.05) is 19.1 Å². The Hall–Kier alpha value is -0.170. The van der Waals surface area contributed by atoms with Gasteiger partial charge in [0.2, 0.25) is 10.0 Å². The summed E-state index contributed by atoms with van der Waals surface area (Å²) in [6, 6.07) is 0.0890. The Morgan fingerprint density at radius 2 is 2.06 bits per heavy atom. The molecule has 1 saturated carbocycles. The molecule has 94 valence electrons. The maximum atomic E-state index is 11.1. The fraction of sp³-hybridized carbons (Fsp3) is 1.00. The Labute approximate surface area is 97.0 Å². The van der Waals surface area contributed by atoms with Gasteiger partial charge in [0.25, 0.3) is 0 Å². The minimum atomic E-state index is -3.07. The van der Waals surface area contributed by atoms with E-state index in [-0.39, 0.29) is 11.6 Å². The van der Waals surface area contributed by atoms with Crippen LogP contribution in [0.5, 0.6) is 0 Å². The molecule has 1 heterocycles. The predicted molar refractivity (Wildman–Crippen MR) is 61.8 cm³/mol. The first-order valence-electron chi connectivity index (χ1n) is 5.81. The van der Waals surface area contributed by atoms with Crippen LogP contribution in [-0.4, -0.2) is 46.0 Å². The highest BCUT2D eigenvalue weighted by atomic mass is 32.2. The number of nitrogens with one attached hydrogen (secondary N) is 2. The Bertz CT molecular complexity index is 326. The summed E-state index contributed by atoms with van der Waals surface area (Å²) in [5, 5.41) is 3.34. The standard InChI is InChI=1S/C10H20N2O3S/c1-16(13,14)12-9-2-4-10(5-3-9)8-11-6-7-15-10/h9,11-12H,2-8H2,1H3. The Morgan fingerprint density at radius 1 is 1.38 bits per heavy atom. The zero-order valence-electron chi connectivity index (χ0n) is 9.66. The SMILES string of the molecule is CS(=O)(=O)NC1CCC2(CC1)CNCCO2. The lowest BCUT2D eigenvalue weighted by molar-refractivity contribution is -0.0903. The van der Waals surface area contributed by atoms with Crippen LogP contribution in [0, 0.1) is 0 Å². The smallest absolute Gasteiger partial charge is 0.208 e. The van der Waals surface area contributed by atoms with E-state index in [1.807, 2.05) is 0 Å². The lowest BCUT2D eigenvalue weighted by Crippen LogP contribution is -2.53. The summed E-state index contributed by atoms with van der Waals surface area (Å²) in [5.74, 6) is 0. The molecule has 1 saturated heterocycles. The van der Waals surface area contributed by atoms with Crippen molar-refractivity contribution in [2.24, 2.45) is 0 Å². The van der Waals surface area contributed by atoms with Crippen molar-refractivity contribution in [2.75, 3.05) is 26.0 Å². The van der Waals surface area contributed by atoms with E-state index < -0.39 is 10.0 Å². The molecule has 2 N–H and O–H groups in total. The fourth-order valence-electron chi connectivity index (χ4n) is 2.59. The number of hydrogen-bond acceptors (Lipinski definition) is 4. The lowest BCUT2D eigenvalue weighted by atomic mass is 9.81. The van der Waals surface area contributed by atoms with Gasteiger partial charge in [0.05, 0.1) is 18.5 Å². The van der Waals surface area contributed by atoms with Crippen molar-refractivity contribution < 1.29 is 13.2 Å². The van der Waals surface area contributed by atoms with Gasteiger partial charge in [0.1, 0.15) is 0 Å². The molecular formula is C10H20N2O3S. The third-order valence-electron chi connectivity index (χ3n) is 3.41. The zero-order chi connectivity index (χ0) is 11.6. The molecule has 0 aromatic carbocycles. The van der Waals surface area contributed by atoms with E-state index >= 15 is 0 Å². The number of rotatable bonds is 2. The number of sulfonamides is 1. The highest BCUT2D eigenvalue weighted by Crippen LogP contribution is 2.32. The number of morpholine rings is 1. The van der Waals surface area contributed by atoms with Crippen molar-refractivity contribution in [3.63, 3.8) is 0 Å². The molecule has 16 heavy (non-hydrogen) atoms. The van der Waals surface area contributed by atoms with Gasteiger partial charge in [-0.3, -0.25) is 0 Å². The largest absolute Gasteiger partial charge is 0.372 e. The van der Waals surface area contributed by atoms with E-state index in [1.165, 1.54) is 6.26 Å². The van der Waals surface area contributed by atoms with Gasteiger partial charge in [-0.25, -0.2) is 13.1 Å². The van der Waals surface area contributed by atoms with Crippen molar-refractivity contribution in [2.45, 2.75) is 37.3 Å². The summed E-state index contributed by atoms with van der Waals surface area (Å²) >= 11 is 0. The second kappa shape index (κ2) is 4.60. The molecule has 0 aromatic heterocycles. The van der Waals surface area contributed by atoms with Gasteiger partial charge >= 0.3 is 0 Å².